The van der Waals surface area contributed by atoms with Crippen molar-refractivity contribution in [3.8, 4) is 17.2 Å². The minimum Gasteiger partial charge on any atom is -0.512 e. The van der Waals surface area contributed by atoms with Crippen LogP contribution in [0, 0.1) is 11.3 Å². The molecule has 142 valence electrons. The normalized spacial score (nSPS) is 10.9. The fraction of sp³-hybridized carbons (Fsp3) is 0.0952. The van der Waals surface area contributed by atoms with Crippen LogP contribution in [0.25, 0.3) is 22.0 Å². The number of aliphatic hydroxyl groups excluding tert-OH is 1. The van der Waals surface area contributed by atoms with Crippen molar-refractivity contribution < 1.29 is 14.7 Å². The Morgan fingerprint density at radius 3 is 2.57 bits per heavy atom. The number of primary amides is 1. The number of carbonyl (C=O) groups excluding carboxylic acids is 2. The number of allylic oxidation sites excluding steroid dienone is 2. The first kappa shape index (κ1) is 20.3. The highest BCUT2D eigenvalue weighted by atomic mass is 16.3. The minimum atomic E-state index is -0.467. The third kappa shape index (κ3) is 4.56. The van der Waals surface area contributed by atoms with Gasteiger partial charge >= 0.3 is 0 Å². The Morgan fingerprint density at radius 1 is 1.25 bits per heavy atom. The number of amides is 2. The molecule has 0 bridgehead atoms. The molecule has 0 aliphatic rings. The second-order valence-corrected chi connectivity index (χ2v) is 5.96. The van der Waals surface area contributed by atoms with Gasteiger partial charge in [-0.3, -0.25) is 9.59 Å². The van der Waals surface area contributed by atoms with Crippen molar-refractivity contribution in [2.45, 2.75) is 13.8 Å². The van der Waals surface area contributed by atoms with E-state index in [9.17, 15) is 9.59 Å². The van der Waals surface area contributed by atoms with Crippen LogP contribution in [0.5, 0.6) is 0 Å². The molecule has 1 aromatic heterocycles. The van der Waals surface area contributed by atoms with Crippen LogP contribution in [-0.4, -0.2) is 22.4 Å². The predicted octanol–water partition coefficient (Wildman–Crippen LogP) is 3.86. The van der Waals surface area contributed by atoms with E-state index in [-0.39, 0.29) is 5.76 Å². The molecular formula is C21H20N4O3. The van der Waals surface area contributed by atoms with Gasteiger partial charge in [0.2, 0.25) is 6.41 Å². The molecule has 28 heavy (non-hydrogen) atoms. The zero-order valence-corrected chi connectivity index (χ0v) is 15.5. The molecule has 0 aliphatic carbocycles. The summed E-state index contributed by atoms with van der Waals surface area (Å²) in [7, 11) is 0. The molecule has 0 radical (unpaired) electrons. The summed E-state index contributed by atoms with van der Waals surface area (Å²) in [5, 5.41) is 20.1. The lowest BCUT2D eigenvalue weighted by Gasteiger charge is -2.08. The predicted molar refractivity (Wildman–Crippen MR) is 109 cm³/mol. The molecule has 5 N–H and O–H groups in total. The van der Waals surface area contributed by atoms with Crippen LogP contribution in [0.4, 0.5) is 5.69 Å². The highest BCUT2D eigenvalue weighted by Crippen LogP contribution is 2.31. The molecule has 0 saturated carbocycles. The topological polar surface area (TPSA) is 132 Å². The summed E-state index contributed by atoms with van der Waals surface area (Å²) in [5.41, 5.74) is 9.56. The second-order valence-electron chi connectivity index (χ2n) is 5.96. The zero-order valence-electron chi connectivity index (χ0n) is 15.5. The standard InChI is InChI=1S/C16H13N3O2.C5H7NO/c17-16(21)14-5-4-12(13-6-7-18-15(13)14)10-2-1-3-11(8-10)19-9-20;1-4(3-6)5(2)7/h1-9,18H,(H2,17,21)(H,19,20);7H,1-2H3/b;5-4-. The fourth-order valence-corrected chi connectivity index (χ4v) is 2.54. The van der Waals surface area contributed by atoms with Crippen LogP contribution in [-0.2, 0) is 4.79 Å². The molecule has 0 atom stereocenters. The number of aromatic amines is 1. The van der Waals surface area contributed by atoms with E-state index in [0.29, 0.717) is 28.8 Å². The number of fused-ring (bicyclic) bond motifs is 1. The van der Waals surface area contributed by atoms with Gasteiger partial charge in [0.15, 0.2) is 0 Å². The maximum Gasteiger partial charge on any atom is 0.250 e. The lowest BCUT2D eigenvalue weighted by molar-refractivity contribution is -0.105. The number of benzene rings is 2. The van der Waals surface area contributed by atoms with Crippen LogP contribution < -0.4 is 11.1 Å². The van der Waals surface area contributed by atoms with Gasteiger partial charge in [-0.1, -0.05) is 18.2 Å². The summed E-state index contributed by atoms with van der Waals surface area (Å²) >= 11 is 0. The number of hydrogen-bond donors (Lipinski definition) is 4. The Labute approximate surface area is 162 Å². The average Bonchev–Trinajstić information content (AvgIpc) is 3.17. The number of nitrogens with one attached hydrogen (secondary N) is 2. The third-order valence-electron chi connectivity index (χ3n) is 4.10. The van der Waals surface area contributed by atoms with Gasteiger partial charge < -0.3 is 21.1 Å². The van der Waals surface area contributed by atoms with Crippen molar-refractivity contribution in [1.29, 1.82) is 5.26 Å². The van der Waals surface area contributed by atoms with Crippen LogP contribution in [0.15, 0.2) is 60.0 Å². The number of anilines is 1. The third-order valence-corrected chi connectivity index (χ3v) is 4.10. The molecule has 7 nitrogen and oxygen atoms in total. The van der Waals surface area contributed by atoms with E-state index in [1.165, 1.54) is 6.92 Å². The van der Waals surface area contributed by atoms with Crippen LogP contribution >= 0.6 is 0 Å². The van der Waals surface area contributed by atoms with E-state index in [0.717, 1.165) is 16.5 Å². The largest absolute Gasteiger partial charge is 0.512 e. The quantitative estimate of drug-likeness (QED) is 0.313. The summed E-state index contributed by atoms with van der Waals surface area (Å²) in [4.78, 5) is 25.0. The second kappa shape index (κ2) is 9.05. The SMILES string of the molecule is C/C(O)=C(\C)C#N.NC(=O)c1ccc(-c2cccc(NC=O)c2)c2cc[nH]c12. The fourth-order valence-electron chi connectivity index (χ4n) is 2.54. The maximum absolute atomic E-state index is 11.5. The van der Waals surface area contributed by atoms with Gasteiger partial charge in [-0.2, -0.15) is 5.26 Å². The number of hydrogen-bond acceptors (Lipinski definition) is 4. The first-order valence-corrected chi connectivity index (χ1v) is 8.36. The summed E-state index contributed by atoms with van der Waals surface area (Å²) in [6.45, 7) is 3.05. The van der Waals surface area contributed by atoms with Gasteiger partial charge in [0.25, 0.3) is 5.91 Å². The van der Waals surface area contributed by atoms with Crippen molar-refractivity contribution in [3.63, 3.8) is 0 Å². The number of nitrogens with zero attached hydrogens (tertiary/aromatic N) is 1. The number of nitriles is 1. The average molecular weight is 376 g/mol. The van der Waals surface area contributed by atoms with Crippen molar-refractivity contribution >= 4 is 28.9 Å². The number of rotatable bonds is 4. The van der Waals surface area contributed by atoms with Gasteiger partial charge in [-0.25, -0.2) is 0 Å². The Morgan fingerprint density at radius 2 is 2.00 bits per heavy atom. The van der Waals surface area contributed by atoms with Crippen LogP contribution in [0.2, 0.25) is 0 Å². The summed E-state index contributed by atoms with van der Waals surface area (Å²) in [6.07, 6.45) is 2.41. The molecule has 2 aromatic carbocycles. The highest BCUT2D eigenvalue weighted by Gasteiger charge is 2.12. The van der Waals surface area contributed by atoms with Crippen molar-refractivity contribution in [2.24, 2.45) is 5.73 Å². The Bertz CT molecular complexity index is 1090. The lowest BCUT2D eigenvalue weighted by atomic mass is 9.98. The Hall–Kier alpha value is -4.05. The van der Waals surface area contributed by atoms with Gasteiger partial charge in [-0.15, -0.1) is 0 Å². The van der Waals surface area contributed by atoms with E-state index >= 15 is 0 Å². The number of carbonyl (C=O) groups is 2. The number of H-pyrrole nitrogens is 1. The number of aromatic nitrogens is 1. The lowest BCUT2D eigenvalue weighted by Crippen LogP contribution is -2.11. The molecule has 2 amide bonds. The van der Waals surface area contributed by atoms with E-state index in [2.05, 4.69) is 10.3 Å². The molecule has 3 rings (SSSR count). The molecule has 0 saturated heterocycles. The Kier molecular flexibility index (Phi) is 6.55. The van der Waals surface area contributed by atoms with Crippen LogP contribution in [0.3, 0.4) is 0 Å². The monoisotopic (exact) mass is 376 g/mol. The molecular weight excluding hydrogens is 356 g/mol. The molecule has 3 aromatic rings. The number of aliphatic hydroxyl groups is 1. The van der Waals surface area contributed by atoms with Crippen LogP contribution in [0.1, 0.15) is 24.2 Å². The van der Waals surface area contributed by atoms with Crippen molar-refractivity contribution in [2.75, 3.05) is 5.32 Å². The number of nitrogens with two attached hydrogens (primary N) is 1. The molecule has 0 fully saturated rings. The first-order chi connectivity index (χ1) is 13.4. The zero-order chi connectivity index (χ0) is 20.7. The molecule has 0 unspecified atom stereocenters. The van der Waals surface area contributed by atoms with Gasteiger partial charge in [0, 0.05) is 17.3 Å². The Balaban J connectivity index is 0.000000345. The molecule has 0 aliphatic heterocycles. The van der Waals surface area contributed by atoms with E-state index in [1.54, 1.807) is 25.3 Å². The summed E-state index contributed by atoms with van der Waals surface area (Å²) in [6, 6.07) is 14.7. The first-order valence-electron chi connectivity index (χ1n) is 8.36. The smallest absolute Gasteiger partial charge is 0.250 e. The summed E-state index contributed by atoms with van der Waals surface area (Å²) < 4.78 is 0. The van der Waals surface area contributed by atoms with Gasteiger partial charge in [-0.05, 0) is 49.2 Å². The maximum atomic E-state index is 11.5. The van der Waals surface area contributed by atoms with Gasteiger partial charge in [0.1, 0.15) is 5.76 Å². The summed E-state index contributed by atoms with van der Waals surface area (Å²) in [5.74, 6) is -0.368. The van der Waals surface area contributed by atoms with Crippen molar-refractivity contribution in [3.05, 3.63) is 65.6 Å². The van der Waals surface area contributed by atoms with Crippen molar-refractivity contribution in [1.82, 2.24) is 4.98 Å². The minimum absolute atomic E-state index is 0.0995. The molecule has 1 heterocycles. The van der Waals surface area contributed by atoms with E-state index in [4.69, 9.17) is 16.1 Å². The van der Waals surface area contributed by atoms with Gasteiger partial charge in [0.05, 0.1) is 22.7 Å². The van der Waals surface area contributed by atoms with E-state index in [1.807, 2.05) is 36.4 Å². The molecule has 7 heteroatoms. The molecule has 0 spiro atoms. The highest BCUT2D eigenvalue weighted by molar-refractivity contribution is 6.09. The van der Waals surface area contributed by atoms with E-state index < -0.39 is 5.91 Å².